The molecule has 0 radical (unpaired) electrons. The Balaban J connectivity index is 1.84. The van der Waals surface area contributed by atoms with Gasteiger partial charge in [0.1, 0.15) is 11.5 Å². The van der Waals surface area contributed by atoms with Gasteiger partial charge in [-0.25, -0.2) is 4.99 Å². The molecule has 1 atom stereocenters. The van der Waals surface area contributed by atoms with Crippen molar-refractivity contribution < 1.29 is 9.47 Å². The number of hydrogen-bond donors (Lipinski definition) is 0. The molecule has 3 heteroatoms. The fourth-order valence-corrected chi connectivity index (χ4v) is 3.20. The second-order valence-electron chi connectivity index (χ2n) is 6.55. The molecule has 3 aromatic carbocycles. The first-order valence-electron chi connectivity index (χ1n) is 8.94. The van der Waals surface area contributed by atoms with Crippen LogP contribution in [0, 0.1) is 0 Å². The van der Waals surface area contributed by atoms with Gasteiger partial charge in [0.05, 0.1) is 12.8 Å². The van der Waals surface area contributed by atoms with Gasteiger partial charge in [-0.2, -0.15) is 0 Å². The van der Waals surface area contributed by atoms with E-state index in [1.165, 1.54) is 0 Å². The van der Waals surface area contributed by atoms with Crippen molar-refractivity contribution in [3.8, 4) is 5.75 Å². The molecule has 134 valence electrons. The van der Waals surface area contributed by atoms with E-state index in [4.69, 9.17) is 14.5 Å². The summed E-state index contributed by atoms with van der Waals surface area (Å²) in [4.78, 5) is 4.96. The normalized spacial score (nSPS) is 18.9. The number of hydrogen-bond acceptors (Lipinski definition) is 3. The minimum atomic E-state index is -0.806. The highest BCUT2D eigenvalue weighted by atomic mass is 16.5. The van der Waals surface area contributed by atoms with Gasteiger partial charge in [0.25, 0.3) is 0 Å². The first kappa shape index (κ1) is 17.1. The van der Waals surface area contributed by atoms with Gasteiger partial charge in [-0.3, -0.25) is 0 Å². The van der Waals surface area contributed by atoms with Gasteiger partial charge in [0.15, 0.2) is 0 Å². The molecule has 1 unspecified atom stereocenters. The molecule has 0 N–H and O–H groups in total. The molecule has 3 nitrogen and oxygen atoms in total. The third-order valence-corrected chi connectivity index (χ3v) is 4.64. The summed E-state index contributed by atoms with van der Waals surface area (Å²) in [6.45, 7) is 2.00. The van der Waals surface area contributed by atoms with Gasteiger partial charge in [-0.05, 0) is 17.7 Å². The van der Waals surface area contributed by atoms with Crippen molar-refractivity contribution in [3.05, 3.63) is 108 Å². The largest absolute Gasteiger partial charge is 0.497 e. The van der Waals surface area contributed by atoms with Crippen molar-refractivity contribution in [1.82, 2.24) is 0 Å². The van der Waals surface area contributed by atoms with Crippen LogP contribution in [0.25, 0.3) is 5.76 Å². The van der Waals surface area contributed by atoms with Crippen molar-refractivity contribution in [2.24, 2.45) is 4.99 Å². The third-order valence-electron chi connectivity index (χ3n) is 4.64. The van der Waals surface area contributed by atoms with Gasteiger partial charge in [-0.15, -0.1) is 0 Å². The predicted octanol–water partition coefficient (Wildman–Crippen LogP) is 5.43. The zero-order chi connectivity index (χ0) is 18.7. The van der Waals surface area contributed by atoms with Crippen molar-refractivity contribution in [3.63, 3.8) is 0 Å². The molecule has 0 aliphatic carbocycles. The molecule has 0 spiro atoms. The fraction of sp³-hybridized carbons (Fsp3) is 0.125. The topological polar surface area (TPSA) is 30.8 Å². The average molecular weight is 355 g/mol. The second kappa shape index (κ2) is 7.12. The molecule has 0 saturated carbocycles. The van der Waals surface area contributed by atoms with Crippen LogP contribution in [0.5, 0.6) is 5.75 Å². The molecule has 0 bridgehead atoms. The third kappa shape index (κ3) is 3.49. The van der Waals surface area contributed by atoms with Crippen LogP contribution < -0.4 is 4.74 Å². The SMILES string of the molecule is COc1cccc(C2=CC(c3ccccc3)=NC(C)(c3ccccc3)O2)c1. The Hall–Kier alpha value is -3.33. The van der Waals surface area contributed by atoms with Gasteiger partial charge in [0, 0.05) is 24.1 Å². The maximum atomic E-state index is 6.42. The number of methoxy groups -OCH3 is 1. The minimum Gasteiger partial charge on any atom is -0.497 e. The smallest absolute Gasteiger partial charge is 0.224 e. The van der Waals surface area contributed by atoms with Crippen molar-refractivity contribution >= 4 is 11.5 Å². The molecule has 0 saturated heterocycles. The lowest BCUT2D eigenvalue weighted by Crippen LogP contribution is -2.28. The Morgan fingerprint density at radius 3 is 2.19 bits per heavy atom. The van der Waals surface area contributed by atoms with Crippen LogP contribution in [0.3, 0.4) is 0 Å². The molecule has 1 heterocycles. The van der Waals surface area contributed by atoms with Crippen molar-refractivity contribution in [2.75, 3.05) is 7.11 Å². The van der Waals surface area contributed by atoms with E-state index in [-0.39, 0.29) is 0 Å². The zero-order valence-corrected chi connectivity index (χ0v) is 15.4. The molecular weight excluding hydrogens is 334 g/mol. The second-order valence-corrected chi connectivity index (χ2v) is 6.55. The lowest BCUT2D eigenvalue weighted by Gasteiger charge is -2.33. The minimum absolute atomic E-state index is 0.772. The lowest BCUT2D eigenvalue weighted by atomic mass is 10.00. The van der Waals surface area contributed by atoms with E-state index in [9.17, 15) is 0 Å². The van der Waals surface area contributed by atoms with E-state index < -0.39 is 5.72 Å². The van der Waals surface area contributed by atoms with E-state index >= 15 is 0 Å². The highest BCUT2D eigenvalue weighted by Gasteiger charge is 2.33. The Morgan fingerprint density at radius 2 is 1.48 bits per heavy atom. The molecule has 0 aromatic heterocycles. The van der Waals surface area contributed by atoms with Crippen molar-refractivity contribution in [1.29, 1.82) is 0 Å². The highest BCUT2D eigenvalue weighted by molar-refractivity contribution is 6.12. The van der Waals surface area contributed by atoms with Crippen LogP contribution in [0.2, 0.25) is 0 Å². The van der Waals surface area contributed by atoms with Gasteiger partial charge < -0.3 is 9.47 Å². The standard InChI is InChI=1S/C24H21NO2/c1-24(20-13-7-4-8-14-20)25-22(18-10-5-3-6-11-18)17-23(27-24)19-12-9-15-21(16-19)26-2/h3-17H,1-2H3. The number of rotatable bonds is 4. The van der Waals surface area contributed by atoms with Crippen LogP contribution in [0.15, 0.2) is 96.0 Å². The summed E-state index contributed by atoms with van der Waals surface area (Å²) in [5.74, 6) is 1.57. The first-order chi connectivity index (χ1) is 13.2. The predicted molar refractivity (Wildman–Crippen MR) is 109 cm³/mol. The summed E-state index contributed by atoms with van der Waals surface area (Å²) >= 11 is 0. The summed E-state index contributed by atoms with van der Waals surface area (Å²) in [6.07, 6.45) is 1.99. The summed E-state index contributed by atoms with van der Waals surface area (Å²) in [5, 5.41) is 0. The van der Waals surface area contributed by atoms with Gasteiger partial charge >= 0.3 is 0 Å². The first-order valence-corrected chi connectivity index (χ1v) is 8.94. The summed E-state index contributed by atoms with van der Waals surface area (Å²) in [6, 6.07) is 28.2. The van der Waals surface area contributed by atoms with Crippen LogP contribution in [-0.2, 0) is 10.5 Å². The molecular formula is C24H21NO2. The van der Waals surface area contributed by atoms with Crippen LogP contribution in [0.4, 0.5) is 0 Å². The van der Waals surface area contributed by atoms with E-state index in [1.54, 1.807) is 7.11 Å². The molecule has 0 fully saturated rings. The fourth-order valence-electron chi connectivity index (χ4n) is 3.20. The number of ether oxygens (including phenoxy) is 2. The number of nitrogens with zero attached hydrogens (tertiary/aromatic N) is 1. The molecule has 0 amide bonds. The van der Waals surface area contributed by atoms with Gasteiger partial charge in [-0.1, -0.05) is 72.8 Å². The Kier molecular flexibility index (Phi) is 4.51. The quantitative estimate of drug-likeness (QED) is 0.625. The number of aliphatic imine (C=N–C) groups is 1. The summed E-state index contributed by atoms with van der Waals surface area (Å²) in [5.41, 5.74) is 3.11. The maximum absolute atomic E-state index is 6.42. The molecule has 3 aromatic rings. The van der Waals surface area contributed by atoms with Gasteiger partial charge in [0.2, 0.25) is 5.72 Å². The molecule has 4 rings (SSSR count). The summed E-state index contributed by atoms with van der Waals surface area (Å²) < 4.78 is 11.8. The summed E-state index contributed by atoms with van der Waals surface area (Å²) in [7, 11) is 1.67. The molecule has 1 aliphatic rings. The van der Waals surface area contributed by atoms with E-state index in [2.05, 4.69) is 12.1 Å². The van der Waals surface area contributed by atoms with E-state index in [0.29, 0.717) is 0 Å². The van der Waals surface area contributed by atoms with Crippen LogP contribution in [0.1, 0.15) is 23.6 Å². The zero-order valence-electron chi connectivity index (χ0n) is 15.4. The Morgan fingerprint density at radius 1 is 0.815 bits per heavy atom. The van der Waals surface area contributed by atoms with E-state index in [0.717, 1.165) is 33.9 Å². The Bertz CT molecular complexity index is 993. The maximum Gasteiger partial charge on any atom is 0.224 e. The van der Waals surface area contributed by atoms with Crippen LogP contribution >= 0.6 is 0 Å². The van der Waals surface area contributed by atoms with E-state index in [1.807, 2.05) is 85.8 Å². The molecule has 1 aliphatic heterocycles. The Labute approximate surface area is 159 Å². The van der Waals surface area contributed by atoms with Crippen LogP contribution in [-0.4, -0.2) is 12.8 Å². The number of allylic oxidation sites excluding steroid dienone is 1. The monoisotopic (exact) mass is 355 g/mol. The van der Waals surface area contributed by atoms with Crippen molar-refractivity contribution in [2.45, 2.75) is 12.6 Å². The average Bonchev–Trinajstić information content (AvgIpc) is 2.75. The number of benzene rings is 3. The lowest BCUT2D eigenvalue weighted by molar-refractivity contribution is 0.0620. The highest BCUT2D eigenvalue weighted by Crippen LogP contribution is 2.37. The molecule has 27 heavy (non-hydrogen) atoms.